The normalized spacial score (nSPS) is 11.8. The molecule has 0 bridgehead atoms. The fourth-order valence-corrected chi connectivity index (χ4v) is 4.11. The lowest BCUT2D eigenvalue weighted by Crippen LogP contribution is -2.12. The van der Waals surface area contributed by atoms with Gasteiger partial charge in [-0.05, 0) is 71.6 Å². The molecule has 0 saturated heterocycles. The van der Waals surface area contributed by atoms with E-state index in [0.29, 0.717) is 29.4 Å². The fraction of sp³-hybridized carbons (Fsp3) is 0.455. The highest BCUT2D eigenvalue weighted by Gasteiger charge is 2.13. The van der Waals surface area contributed by atoms with Gasteiger partial charge in [-0.1, -0.05) is 84.3 Å². The summed E-state index contributed by atoms with van der Waals surface area (Å²) in [6, 6.07) is 17.8. The zero-order valence-electron chi connectivity index (χ0n) is 23.2. The van der Waals surface area contributed by atoms with Crippen molar-refractivity contribution in [3.63, 3.8) is 0 Å². The molecule has 0 spiro atoms. The average Bonchev–Trinajstić information content (AvgIpc) is 2.94. The Balaban J connectivity index is 1.47. The predicted molar refractivity (Wildman–Crippen MR) is 153 cm³/mol. The minimum Gasteiger partial charge on any atom is -0.494 e. The molecule has 38 heavy (non-hydrogen) atoms. The van der Waals surface area contributed by atoms with Gasteiger partial charge in [-0.25, -0.2) is 9.59 Å². The second-order valence-corrected chi connectivity index (χ2v) is 10.1. The zero-order chi connectivity index (χ0) is 27.2. The van der Waals surface area contributed by atoms with E-state index in [1.165, 1.54) is 44.9 Å². The summed E-state index contributed by atoms with van der Waals surface area (Å²) in [5, 5.41) is 1.95. The number of rotatable bonds is 16. The Hall–Kier alpha value is -3.34. The molecule has 3 rings (SSSR count). The van der Waals surface area contributed by atoms with Gasteiger partial charge in [0.15, 0.2) is 0 Å². The number of hydrogen-bond donors (Lipinski definition) is 0. The largest absolute Gasteiger partial charge is 0.494 e. The van der Waals surface area contributed by atoms with Crippen LogP contribution in [-0.2, 0) is 4.74 Å². The molecular formula is C33H42O5. The third-order valence-corrected chi connectivity index (χ3v) is 6.81. The number of esters is 2. The van der Waals surface area contributed by atoms with Crippen molar-refractivity contribution in [1.82, 2.24) is 0 Å². The first-order chi connectivity index (χ1) is 18.5. The maximum atomic E-state index is 12.7. The number of carbonyl (C=O) groups is 2. The standard InChI is InChI=1S/C33H42O5/c1-4-6-7-8-9-10-11-12-21-36-31-20-17-27-22-29(14-13-28(27)23-31)33(35)38-30-18-15-26(16-19-30)32(34)37-24-25(3)5-2/h13-20,22-23,25H,4-12,21,24H2,1-3H3/t25-/m0/s1. The highest BCUT2D eigenvalue weighted by atomic mass is 16.5. The van der Waals surface area contributed by atoms with Crippen LogP contribution in [0.1, 0.15) is 99.3 Å². The number of unbranched alkanes of at least 4 members (excludes halogenated alkanes) is 7. The van der Waals surface area contributed by atoms with Gasteiger partial charge in [-0.3, -0.25) is 0 Å². The van der Waals surface area contributed by atoms with Crippen LogP contribution < -0.4 is 9.47 Å². The second-order valence-electron chi connectivity index (χ2n) is 10.1. The zero-order valence-corrected chi connectivity index (χ0v) is 23.2. The molecular weight excluding hydrogens is 476 g/mol. The van der Waals surface area contributed by atoms with Gasteiger partial charge in [-0.2, -0.15) is 0 Å². The molecule has 0 unspecified atom stereocenters. The van der Waals surface area contributed by atoms with Crippen molar-refractivity contribution in [2.45, 2.75) is 78.6 Å². The maximum absolute atomic E-state index is 12.7. The van der Waals surface area contributed by atoms with Crippen molar-refractivity contribution in [3.8, 4) is 11.5 Å². The number of hydrogen-bond acceptors (Lipinski definition) is 5. The number of fused-ring (bicyclic) bond motifs is 1. The van der Waals surface area contributed by atoms with Crippen molar-refractivity contribution < 1.29 is 23.8 Å². The van der Waals surface area contributed by atoms with E-state index in [1.807, 2.05) is 37.3 Å². The first kappa shape index (κ1) is 29.2. The fourth-order valence-electron chi connectivity index (χ4n) is 4.11. The van der Waals surface area contributed by atoms with Gasteiger partial charge in [0.05, 0.1) is 24.3 Å². The number of carbonyl (C=O) groups excluding carboxylic acids is 2. The minimum atomic E-state index is -0.450. The molecule has 0 heterocycles. The number of benzene rings is 3. The molecule has 5 heteroatoms. The Morgan fingerprint density at radius 1 is 0.684 bits per heavy atom. The summed E-state index contributed by atoms with van der Waals surface area (Å²) in [4.78, 5) is 24.9. The van der Waals surface area contributed by atoms with Crippen LogP contribution in [0.3, 0.4) is 0 Å². The molecule has 3 aromatic carbocycles. The van der Waals surface area contributed by atoms with Gasteiger partial charge in [0, 0.05) is 0 Å². The third-order valence-electron chi connectivity index (χ3n) is 6.81. The molecule has 3 aromatic rings. The summed E-state index contributed by atoms with van der Waals surface area (Å²) in [6.45, 7) is 7.45. The Morgan fingerprint density at radius 3 is 2.00 bits per heavy atom. The van der Waals surface area contributed by atoms with Crippen LogP contribution in [0.25, 0.3) is 10.8 Å². The summed E-state index contributed by atoms with van der Waals surface area (Å²) < 4.78 is 16.8. The molecule has 0 aliphatic rings. The van der Waals surface area contributed by atoms with Crippen LogP contribution in [0.15, 0.2) is 60.7 Å². The van der Waals surface area contributed by atoms with E-state index in [0.717, 1.165) is 36.0 Å². The van der Waals surface area contributed by atoms with Crippen LogP contribution >= 0.6 is 0 Å². The van der Waals surface area contributed by atoms with Crippen molar-refractivity contribution >= 4 is 22.7 Å². The lowest BCUT2D eigenvalue weighted by atomic mass is 10.1. The molecule has 0 aliphatic carbocycles. The van der Waals surface area contributed by atoms with Crippen molar-refractivity contribution in [1.29, 1.82) is 0 Å². The Labute approximate surface area is 227 Å². The van der Waals surface area contributed by atoms with Crippen LogP contribution in [0.2, 0.25) is 0 Å². The monoisotopic (exact) mass is 518 g/mol. The summed E-state index contributed by atoms with van der Waals surface area (Å²) in [5.41, 5.74) is 0.890. The second kappa shape index (κ2) is 15.8. The molecule has 0 radical (unpaired) electrons. The van der Waals surface area contributed by atoms with Gasteiger partial charge >= 0.3 is 11.9 Å². The summed E-state index contributed by atoms with van der Waals surface area (Å²) in [7, 11) is 0. The first-order valence-electron chi connectivity index (χ1n) is 14.2. The van der Waals surface area contributed by atoms with Crippen molar-refractivity contribution in [3.05, 3.63) is 71.8 Å². The third kappa shape index (κ3) is 9.51. The Bertz CT molecular complexity index is 1150. The van der Waals surface area contributed by atoms with Gasteiger partial charge in [-0.15, -0.1) is 0 Å². The first-order valence-corrected chi connectivity index (χ1v) is 14.2. The molecule has 0 aromatic heterocycles. The van der Waals surface area contributed by atoms with Crippen molar-refractivity contribution in [2.24, 2.45) is 5.92 Å². The van der Waals surface area contributed by atoms with Gasteiger partial charge in [0.1, 0.15) is 11.5 Å². The number of ether oxygens (including phenoxy) is 3. The average molecular weight is 519 g/mol. The van der Waals surface area contributed by atoms with Gasteiger partial charge in [0.2, 0.25) is 0 Å². The highest BCUT2D eigenvalue weighted by Crippen LogP contribution is 2.24. The molecule has 0 amide bonds. The van der Waals surface area contributed by atoms with Crippen LogP contribution in [0.5, 0.6) is 11.5 Å². The maximum Gasteiger partial charge on any atom is 0.343 e. The highest BCUT2D eigenvalue weighted by molar-refractivity contribution is 5.97. The molecule has 204 valence electrons. The predicted octanol–water partition coefficient (Wildman–Crippen LogP) is 8.78. The molecule has 1 atom stereocenters. The Kier molecular flexibility index (Phi) is 12.2. The van der Waals surface area contributed by atoms with E-state index in [9.17, 15) is 9.59 Å². The van der Waals surface area contributed by atoms with Crippen molar-refractivity contribution in [2.75, 3.05) is 13.2 Å². The smallest absolute Gasteiger partial charge is 0.343 e. The van der Waals surface area contributed by atoms with E-state index in [-0.39, 0.29) is 5.97 Å². The van der Waals surface area contributed by atoms with E-state index in [1.54, 1.807) is 30.3 Å². The summed E-state index contributed by atoms with van der Waals surface area (Å²) in [6.07, 6.45) is 11.2. The van der Waals surface area contributed by atoms with Crippen LogP contribution in [0.4, 0.5) is 0 Å². The van der Waals surface area contributed by atoms with Crippen LogP contribution in [0, 0.1) is 5.92 Å². The molecule has 5 nitrogen and oxygen atoms in total. The van der Waals surface area contributed by atoms with E-state index >= 15 is 0 Å². The quantitative estimate of drug-likeness (QED) is 0.108. The molecule has 0 fully saturated rings. The molecule has 0 saturated carbocycles. The van der Waals surface area contributed by atoms with Crippen LogP contribution in [-0.4, -0.2) is 25.2 Å². The van der Waals surface area contributed by atoms with Gasteiger partial charge in [0.25, 0.3) is 0 Å². The topological polar surface area (TPSA) is 61.8 Å². The lowest BCUT2D eigenvalue weighted by Gasteiger charge is -2.10. The summed E-state index contributed by atoms with van der Waals surface area (Å²) in [5.74, 6) is 0.713. The lowest BCUT2D eigenvalue weighted by molar-refractivity contribution is 0.0447. The van der Waals surface area contributed by atoms with E-state index < -0.39 is 5.97 Å². The Morgan fingerprint density at radius 2 is 1.29 bits per heavy atom. The molecule has 0 aliphatic heterocycles. The van der Waals surface area contributed by atoms with E-state index in [2.05, 4.69) is 13.8 Å². The van der Waals surface area contributed by atoms with Gasteiger partial charge < -0.3 is 14.2 Å². The SMILES string of the molecule is CCCCCCCCCCOc1ccc2cc(C(=O)Oc3ccc(C(=O)OC[C@@H](C)CC)cc3)ccc2c1. The summed E-state index contributed by atoms with van der Waals surface area (Å²) >= 11 is 0. The minimum absolute atomic E-state index is 0.319. The van der Waals surface area contributed by atoms with E-state index in [4.69, 9.17) is 14.2 Å². The molecule has 0 N–H and O–H groups in total.